The molecule has 4 fully saturated rings. The zero-order valence-corrected chi connectivity index (χ0v) is 32.0. The second-order valence-corrected chi connectivity index (χ2v) is 16.0. The molecule has 5 aromatic rings. The lowest BCUT2D eigenvalue weighted by molar-refractivity contribution is -0.136. The Hall–Kier alpha value is -6.22. The predicted molar refractivity (Wildman–Crippen MR) is 214 cm³/mol. The third-order valence-electron chi connectivity index (χ3n) is 12.4. The molecule has 2 aromatic carbocycles. The molecule has 1 N–H and O–H groups in total. The topological polar surface area (TPSA) is 140 Å². The van der Waals surface area contributed by atoms with Gasteiger partial charge in [-0.3, -0.25) is 34.3 Å². The Balaban J connectivity index is 0.766. The fraction of sp³-hybridized carbons (Fsp3) is 0.372. The van der Waals surface area contributed by atoms with Gasteiger partial charge in [0, 0.05) is 64.5 Å². The number of piperazine rings is 1. The highest BCUT2D eigenvalue weighted by Crippen LogP contribution is 2.36. The predicted octanol–water partition coefficient (Wildman–Crippen LogP) is 4.32. The summed E-state index contributed by atoms with van der Waals surface area (Å²) in [5.74, 6) is 0.00622. The van der Waals surface area contributed by atoms with E-state index in [1.165, 1.54) is 6.07 Å². The monoisotopic (exact) mass is 782 g/mol. The second-order valence-electron chi connectivity index (χ2n) is 16.0. The van der Waals surface area contributed by atoms with Crippen molar-refractivity contribution in [2.45, 2.75) is 44.2 Å². The number of nitrogens with zero attached hydrogens (tertiary/aromatic N) is 9. The van der Waals surface area contributed by atoms with Gasteiger partial charge >= 0.3 is 0 Å². The summed E-state index contributed by atoms with van der Waals surface area (Å²) in [4.78, 5) is 70.8. The summed E-state index contributed by atoms with van der Waals surface area (Å²) in [6, 6.07) is 21.4. The third-order valence-corrected chi connectivity index (χ3v) is 12.4. The van der Waals surface area contributed by atoms with Crippen molar-refractivity contribution in [1.82, 2.24) is 34.7 Å². The zero-order valence-electron chi connectivity index (χ0n) is 32.0. The van der Waals surface area contributed by atoms with E-state index in [0.717, 1.165) is 116 Å². The van der Waals surface area contributed by atoms with Crippen LogP contribution in [0.5, 0.6) is 0 Å². The fourth-order valence-corrected chi connectivity index (χ4v) is 9.43. The number of fused-ring (bicyclic) bond motifs is 2. The normalized spacial score (nSPS) is 22.7. The quantitative estimate of drug-likeness (QED) is 0.225. The number of halogens is 1. The molecule has 0 radical (unpaired) electrons. The first kappa shape index (κ1) is 36.1. The average molecular weight is 783 g/mol. The first-order valence-electron chi connectivity index (χ1n) is 20.2. The van der Waals surface area contributed by atoms with Gasteiger partial charge in [-0.2, -0.15) is 0 Å². The van der Waals surface area contributed by atoms with Crippen LogP contribution in [0.4, 0.5) is 21.7 Å². The van der Waals surface area contributed by atoms with Gasteiger partial charge in [0.2, 0.25) is 11.8 Å². The number of imidazole rings is 1. The van der Waals surface area contributed by atoms with E-state index in [9.17, 15) is 23.6 Å². The highest BCUT2D eigenvalue weighted by molar-refractivity contribution is 6.23. The van der Waals surface area contributed by atoms with Gasteiger partial charge in [0.25, 0.3) is 11.8 Å². The van der Waals surface area contributed by atoms with Crippen molar-refractivity contribution >= 4 is 46.6 Å². The maximum absolute atomic E-state index is 14.1. The summed E-state index contributed by atoms with van der Waals surface area (Å²) >= 11 is 0. The number of carbonyl (C=O) groups excluding carboxylic acids is 4. The van der Waals surface area contributed by atoms with Crippen LogP contribution in [0.25, 0.3) is 17.0 Å². The van der Waals surface area contributed by atoms with E-state index in [2.05, 4.69) is 36.0 Å². The van der Waals surface area contributed by atoms with E-state index >= 15 is 0 Å². The van der Waals surface area contributed by atoms with Crippen molar-refractivity contribution in [3.63, 3.8) is 0 Å². The van der Waals surface area contributed by atoms with Gasteiger partial charge in [-0.15, -0.1) is 5.10 Å². The number of benzene rings is 2. The Morgan fingerprint density at radius 2 is 1.60 bits per heavy atom. The van der Waals surface area contributed by atoms with E-state index in [-0.39, 0.29) is 24.7 Å². The Morgan fingerprint density at radius 1 is 0.759 bits per heavy atom. The highest BCUT2D eigenvalue weighted by Gasteiger charge is 2.45. The molecule has 296 valence electrons. The Bertz CT molecular complexity index is 2460. The van der Waals surface area contributed by atoms with Gasteiger partial charge < -0.3 is 14.7 Å². The number of imide groups is 2. The number of nitrogens with one attached hydrogen (secondary N) is 1. The summed E-state index contributed by atoms with van der Waals surface area (Å²) < 4.78 is 16.0. The van der Waals surface area contributed by atoms with Crippen molar-refractivity contribution in [1.29, 1.82) is 0 Å². The molecule has 0 spiro atoms. The summed E-state index contributed by atoms with van der Waals surface area (Å²) in [6.07, 6.45) is 5.02. The molecule has 8 heterocycles. The van der Waals surface area contributed by atoms with E-state index in [0.29, 0.717) is 17.0 Å². The van der Waals surface area contributed by atoms with Crippen LogP contribution in [-0.2, 0) is 9.59 Å². The maximum atomic E-state index is 14.1. The minimum Gasteiger partial charge on any atom is -0.371 e. The van der Waals surface area contributed by atoms with Gasteiger partial charge in [-0.25, -0.2) is 18.9 Å². The molecular formula is C43H43FN10O4. The molecule has 0 aliphatic carbocycles. The van der Waals surface area contributed by atoms with E-state index in [1.54, 1.807) is 24.3 Å². The average Bonchev–Trinajstić information content (AvgIpc) is 4.05. The van der Waals surface area contributed by atoms with Crippen LogP contribution < -0.4 is 20.0 Å². The number of carbonyl (C=O) groups is 4. The third kappa shape index (κ3) is 6.52. The number of rotatable bonds is 8. The van der Waals surface area contributed by atoms with Gasteiger partial charge in [-0.05, 0) is 91.8 Å². The van der Waals surface area contributed by atoms with Crippen molar-refractivity contribution in [2.24, 2.45) is 5.92 Å². The molecule has 3 unspecified atom stereocenters. The summed E-state index contributed by atoms with van der Waals surface area (Å²) in [7, 11) is 0. The molecule has 3 aromatic heterocycles. The van der Waals surface area contributed by atoms with Gasteiger partial charge in [0.05, 0.1) is 29.1 Å². The van der Waals surface area contributed by atoms with Gasteiger partial charge in [0.1, 0.15) is 29.2 Å². The maximum Gasteiger partial charge on any atom is 0.262 e. The van der Waals surface area contributed by atoms with Crippen LogP contribution in [0.3, 0.4) is 0 Å². The molecular weight excluding hydrogens is 740 g/mol. The molecule has 5 aliphatic rings. The zero-order chi connectivity index (χ0) is 39.5. The molecule has 4 amide bonds. The van der Waals surface area contributed by atoms with E-state index in [4.69, 9.17) is 10.1 Å². The van der Waals surface area contributed by atoms with Crippen LogP contribution >= 0.6 is 0 Å². The van der Waals surface area contributed by atoms with Crippen LogP contribution in [-0.4, -0.2) is 111 Å². The molecule has 3 atom stereocenters. The van der Waals surface area contributed by atoms with Crippen molar-refractivity contribution < 1.29 is 23.6 Å². The number of amides is 4. The first-order valence-corrected chi connectivity index (χ1v) is 20.2. The van der Waals surface area contributed by atoms with Crippen molar-refractivity contribution in [3.05, 3.63) is 102 Å². The number of piperidine rings is 1. The fourth-order valence-electron chi connectivity index (χ4n) is 9.43. The summed E-state index contributed by atoms with van der Waals surface area (Å²) in [5.41, 5.74) is 4.81. The Morgan fingerprint density at radius 3 is 2.45 bits per heavy atom. The number of hydrogen-bond donors (Lipinski definition) is 1. The highest BCUT2D eigenvalue weighted by atomic mass is 19.1. The van der Waals surface area contributed by atoms with Crippen LogP contribution in [0.2, 0.25) is 0 Å². The van der Waals surface area contributed by atoms with Gasteiger partial charge in [0.15, 0.2) is 5.65 Å². The molecule has 0 bridgehead atoms. The number of anilines is 3. The second kappa shape index (κ2) is 14.6. The van der Waals surface area contributed by atoms with Crippen molar-refractivity contribution in [2.75, 3.05) is 67.1 Å². The molecule has 5 aliphatic heterocycles. The van der Waals surface area contributed by atoms with Crippen LogP contribution in [0, 0.1) is 11.7 Å². The molecule has 0 saturated carbocycles. The number of aromatic nitrogens is 4. The van der Waals surface area contributed by atoms with Crippen LogP contribution in [0.1, 0.15) is 64.4 Å². The largest absolute Gasteiger partial charge is 0.371 e. The van der Waals surface area contributed by atoms with Crippen molar-refractivity contribution in [3.8, 4) is 11.4 Å². The lowest BCUT2D eigenvalue weighted by Crippen LogP contribution is -2.54. The standard InChI is InChI=1S/C43H43FN10O4/c44-29-5-1-4-28(22-29)34-7-3-16-52(34)39-13-12-37-45-24-36(54(37)48-39)33-6-2-8-38(46-33)50-20-18-49(19-21-50)25-27-15-17-51(26-27)30-9-10-31-32(23-30)43(58)53(42(31)57)35-11-14-40(55)47-41(35)56/h1-2,4-6,8-10,12-13,22-24,27,34-35H,3,7,11,14-21,25-26H2,(H,47,55,56). The first-order chi connectivity index (χ1) is 28.3. The van der Waals surface area contributed by atoms with Crippen LogP contribution in [0.15, 0.2) is 79.0 Å². The number of hydrogen-bond acceptors (Lipinski definition) is 11. The van der Waals surface area contributed by atoms with E-state index in [1.807, 2.05) is 47.1 Å². The number of pyridine rings is 1. The molecule has 14 nitrogen and oxygen atoms in total. The molecule has 10 rings (SSSR count). The molecule has 4 saturated heterocycles. The van der Waals surface area contributed by atoms with E-state index < -0.39 is 29.7 Å². The molecule has 58 heavy (non-hydrogen) atoms. The summed E-state index contributed by atoms with van der Waals surface area (Å²) in [6.45, 7) is 7.04. The lowest BCUT2D eigenvalue weighted by atomic mass is 10.0. The minimum atomic E-state index is -0.975. The Labute approximate surface area is 334 Å². The van der Waals surface area contributed by atoms with Gasteiger partial charge in [-0.1, -0.05) is 18.2 Å². The minimum absolute atomic E-state index is 0.0618. The SMILES string of the molecule is O=C1CCC(N2C(=O)c3ccc(N4CCC(CN5CCN(c6cccc(-c7cnc8ccc(N9CCCC9c9cccc(F)c9)nn78)n6)CC5)C4)cc3C2=O)C(=O)N1. The lowest BCUT2D eigenvalue weighted by Gasteiger charge is -2.36. The smallest absolute Gasteiger partial charge is 0.262 e. The Kier molecular flexibility index (Phi) is 9.11. The summed E-state index contributed by atoms with van der Waals surface area (Å²) in [5, 5.41) is 7.28. The molecule has 15 heteroatoms.